The van der Waals surface area contributed by atoms with E-state index >= 15 is 0 Å². The summed E-state index contributed by atoms with van der Waals surface area (Å²) in [5.74, 6) is 6.06. The molecule has 0 aliphatic heterocycles. The fourth-order valence-corrected chi connectivity index (χ4v) is 2.12. The van der Waals surface area contributed by atoms with E-state index in [0.29, 0.717) is 0 Å². The number of allylic oxidation sites excluding steroid dienone is 1. The van der Waals surface area contributed by atoms with Crippen molar-refractivity contribution in [1.82, 2.24) is 5.01 Å². The van der Waals surface area contributed by atoms with E-state index in [9.17, 15) is 0 Å². The number of nitrogens with zero attached hydrogens (tertiary/aromatic N) is 1. The first-order valence-electron chi connectivity index (χ1n) is 8.13. The van der Waals surface area contributed by atoms with Gasteiger partial charge >= 0.3 is 0 Å². The maximum Gasteiger partial charge on any atom is 0.0981 e. The van der Waals surface area contributed by atoms with Gasteiger partial charge in [0.15, 0.2) is 0 Å². The molecule has 0 spiro atoms. The Morgan fingerprint density at radius 3 is 2.10 bits per heavy atom. The zero-order valence-electron chi connectivity index (χ0n) is 14.7. The van der Waals surface area contributed by atoms with Crippen LogP contribution in [0.3, 0.4) is 0 Å². The molecule has 0 saturated heterocycles. The first-order chi connectivity index (χ1) is 9.57. The van der Waals surface area contributed by atoms with Crippen LogP contribution in [0.5, 0.6) is 0 Å². The van der Waals surface area contributed by atoms with Crippen molar-refractivity contribution in [2.75, 3.05) is 7.11 Å². The third kappa shape index (κ3) is 7.15. The lowest BCUT2D eigenvalue weighted by atomic mass is 9.98. The summed E-state index contributed by atoms with van der Waals surface area (Å²) in [5.41, 5.74) is 8.05. The van der Waals surface area contributed by atoms with Crippen molar-refractivity contribution >= 4 is 0 Å². The van der Waals surface area contributed by atoms with Gasteiger partial charge in [0.2, 0.25) is 0 Å². The quantitative estimate of drug-likeness (QED) is 0.612. The Bertz CT molecular complexity index is 252. The normalized spacial score (nSPS) is 22.8. The van der Waals surface area contributed by atoms with Crippen molar-refractivity contribution < 1.29 is 4.74 Å². The van der Waals surface area contributed by atoms with Crippen molar-refractivity contribution in [2.45, 2.75) is 85.8 Å². The number of methoxy groups -OCH3 is 1. The number of hydrazine groups is 1. The van der Waals surface area contributed by atoms with Crippen LogP contribution in [0.2, 0.25) is 0 Å². The number of ether oxygens (including phenoxy) is 1. The van der Waals surface area contributed by atoms with Gasteiger partial charge in [0.25, 0.3) is 0 Å². The molecule has 0 aromatic heterocycles. The van der Waals surface area contributed by atoms with Gasteiger partial charge in [-0.2, -0.15) is 0 Å². The predicted molar refractivity (Wildman–Crippen MR) is 89.0 cm³/mol. The predicted octanol–water partition coefficient (Wildman–Crippen LogP) is 3.77. The van der Waals surface area contributed by atoms with Crippen LogP contribution in [-0.2, 0) is 4.74 Å². The van der Waals surface area contributed by atoms with E-state index < -0.39 is 0 Å². The van der Waals surface area contributed by atoms with Crippen LogP contribution in [0.4, 0.5) is 0 Å². The maximum absolute atomic E-state index is 6.17. The Hall–Kier alpha value is -0.740. The topological polar surface area (TPSA) is 64.5 Å². The summed E-state index contributed by atoms with van der Waals surface area (Å²) in [6.07, 6.45) is 5.55. The molecule has 0 fully saturated rings. The van der Waals surface area contributed by atoms with E-state index in [4.69, 9.17) is 16.3 Å². The van der Waals surface area contributed by atoms with Crippen LogP contribution < -0.4 is 11.6 Å². The fourth-order valence-electron chi connectivity index (χ4n) is 2.12. The zero-order chi connectivity index (χ0) is 16.1. The van der Waals surface area contributed by atoms with Crippen LogP contribution in [0.25, 0.3) is 0 Å². The zero-order valence-corrected chi connectivity index (χ0v) is 14.7. The molecule has 1 unspecified atom stereocenters. The second kappa shape index (κ2) is 13.3. The third-order valence-electron chi connectivity index (χ3n) is 3.21. The van der Waals surface area contributed by atoms with Crippen molar-refractivity contribution in [2.24, 2.45) is 11.6 Å². The Morgan fingerprint density at radius 2 is 1.65 bits per heavy atom. The summed E-state index contributed by atoms with van der Waals surface area (Å²) >= 11 is 0. The average molecular weight is 287 g/mol. The van der Waals surface area contributed by atoms with E-state index in [1.54, 1.807) is 12.1 Å². The van der Waals surface area contributed by atoms with Crippen molar-refractivity contribution in [1.29, 1.82) is 0 Å². The summed E-state index contributed by atoms with van der Waals surface area (Å²) in [5, 5.41) is 1.78. The summed E-state index contributed by atoms with van der Waals surface area (Å²) in [4.78, 5) is 0. The third-order valence-corrected chi connectivity index (χ3v) is 3.21. The molecule has 0 heterocycles. The smallest absolute Gasteiger partial charge is 0.0981 e. The molecule has 1 aliphatic carbocycles. The van der Waals surface area contributed by atoms with Gasteiger partial charge < -0.3 is 15.5 Å². The second-order valence-corrected chi connectivity index (χ2v) is 4.73. The SMILES string of the molecule is CC.CC.COC1CCCCC/C(N(N)C(C)C)=C\1N. The van der Waals surface area contributed by atoms with Crippen LogP contribution in [0.1, 0.15) is 73.6 Å². The maximum atomic E-state index is 6.17. The first kappa shape index (κ1) is 21.6. The number of hydrogen-bond donors (Lipinski definition) is 2. The Labute approximate surface area is 126 Å². The standard InChI is InChI=1S/C12H25N3O.2C2H6/c1-9(2)15(14)10-7-5-4-6-8-11(16-3)12(10)13;2*1-2/h9,11H,4-8,13-14H2,1-3H3;2*1-2H3/b12-10-;;. The summed E-state index contributed by atoms with van der Waals surface area (Å²) in [7, 11) is 1.72. The Kier molecular flexibility index (Phi) is 14.3. The van der Waals surface area contributed by atoms with Crippen molar-refractivity contribution in [3.05, 3.63) is 11.4 Å². The van der Waals surface area contributed by atoms with Crippen molar-refractivity contribution in [3.8, 4) is 0 Å². The minimum absolute atomic E-state index is 0.0279. The molecular weight excluding hydrogens is 250 g/mol. The molecule has 1 rings (SSSR count). The molecule has 0 bridgehead atoms. The second-order valence-electron chi connectivity index (χ2n) is 4.73. The molecule has 0 radical (unpaired) electrons. The molecule has 0 aromatic carbocycles. The highest BCUT2D eigenvalue weighted by Crippen LogP contribution is 2.24. The average Bonchev–Trinajstić information content (AvgIpc) is 2.47. The van der Waals surface area contributed by atoms with Gasteiger partial charge in [0.1, 0.15) is 0 Å². The van der Waals surface area contributed by atoms with E-state index in [2.05, 4.69) is 13.8 Å². The molecule has 1 aliphatic rings. The fraction of sp³-hybridized carbons (Fsp3) is 0.875. The van der Waals surface area contributed by atoms with Gasteiger partial charge in [0, 0.05) is 13.2 Å². The minimum Gasteiger partial charge on any atom is -0.398 e. The molecule has 20 heavy (non-hydrogen) atoms. The number of nitrogens with two attached hydrogens (primary N) is 2. The van der Waals surface area contributed by atoms with Gasteiger partial charge in [-0.1, -0.05) is 40.5 Å². The number of hydrogen-bond acceptors (Lipinski definition) is 4. The van der Waals surface area contributed by atoms with Crippen LogP contribution >= 0.6 is 0 Å². The van der Waals surface area contributed by atoms with E-state index in [-0.39, 0.29) is 12.1 Å². The van der Waals surface area contributed by atoms with Gasteiger partial charge in [-0.15, -0.1) is 0 Å². The van der Waals surface area contributed by atoms with Gasteiger partial charge in [-0.3, -0.25) is 0 Å². The monoisotopic (exact) mass is 287 g/mol. The Balaban J connectivity index is 0. The lowest BCUT2D eigenvalue weighted by molar-refractivity contribution is 0.112. The first-order valence-corrected chi connectivity index (χ1v) is 8.13. The molecule has 4 nitrogen and oxygen atoms in total. The summed E-state index contributed by atoms with van der Waals surface area (Å²) in [6.45, 7) is 12.1. The largest absolute Gasteiger partial charge is 0.398 e. The van der Waals surface area contributed by atoms with E-state index in [0.717, 1.165) is 30.7 Å². The molecule has 4 N–H and O–H groups in total. The summed E-state index contributed by atoms with van der Waals surface area (Å²) < 4.78 is 5.43. The number of rotatable bonds is 3. The molecule has 4 heteroatoms. The van der Waals surface area contributed by atoms with Crippen molar-refractivity contribution in [3.63, 3.8) is 0 Å². The van der Waals surface area contributed by atoms with Crippen LogP contribution in [0.15, 0.2) is 11.4 Å². The minimum atomic E-state index is 0.0279. The highest BCUT2D eigenvalue weighted by molar-refractivity contribution is 5.15. The molecule has 0 saturated carbocycles. The highest BCUT2D eigenvalue weighted by atomic mass is 16.5. The molecule has 122 valence electrons. The highest BCUT2D eigenvalue weighted by Gasteiger charge is 2.21. The molecule has 0 amide bonds. The van der Waals surface area contributed by atoms with E-state index in [1.807, 2.05) is 27.7 Å². The molecule has 1 atom stereocenters. The van der Waals surface area contributed by atoms with Gasteiger partial charge in [-0.05, 0) is 33.1 Å². The van der Waals surface area contributed by atoms with E-state index in [1.165, 1.54) is 12.8 Å². The summed E-state index contributed by atoms with van der Waals surface area (Å²) in [6, 6.07) is 0.269. The molecule has 0 aromatic rings. The van der Waals surface area contributed by atoms with Gasteiger partial charge in [0.05, 0.1) is 17.5 Å². The Morgan fingerprint density at radius 1 is 1.10 bits per heavy atom. The van der Waals surface area contributed by atoms with Crippen LogP contribution in [-0.4, -0.2) is 24.3 Å². The van der Waals surface area contributed by atoms with Gasteiger partial charge in [-0.25, -0.2) is 5.84 Å². The lowest BCUT2D eigenvalue weighted by Gasteiger charge is -2.31. The molecular formula is C16H37N3O. The van der Waals surface area contributed by atoms with Crippen LogP contribution in [0, 0.1) is 0 Å². The lowest BCUT2D eigenvalue weighted by Crippen LogP contribution is -2.40.